The minimum absolute atomic E-state index is 0.179. The molecule has 0 aromatic heterocycles. The fourth-order valence-corrected chi connectivity index (χ4v) is 4.35. The van der Waals surface area contributed by atoms with Crippen LogP contribution < -0.4 is 0 Å². The Hall–Kier alpha value is -0.710. The number of carbonyl (C=O) groups is 1. The maximum absolute atomic E-state index is 11.0. The van der Waals surface area contributed by atoms with Gasteiger partial charge in [-0.25, -0.2) is 0 Å². The molecule has 27 heavy (non-hydrogen) atoms. The highest BCUT2D eigenvalue weighted by Crippen LogP contribution is 2.37. The van der Waals surface area contributed by atoms with Crippen molar-refractivity contribution in [2.24, 2.45) is 11.8 Å². The summed E-state index contributed by atoms with van der Waals surface area (Å²) in [5.74, 6) is 0.701. The molecule has 158 valence electrons. The second-order valence-electron chi connectivity index (χ2n) is 8.45. The number of aliphatic hydroxyl groups is 3. The van der Waals surface area contributed by atoms with Crippen LogP contribution in [0.1, 0.15) is 96.8 Å². The van der Waals surface area contributed by atoms with Crippen molar-refractivity contribution < 1.29 is 20.1 Å². The molecule has 0 saturated heterocycles. The van der Waals surface area contributed by atoms with Crippen molar-refractivity contribution in [1.82, 2.24) is 0 Å². The van der Waals surface area contributed by atoms with Crippen molar-refractivity contribution in [3.05, 3.63) is 12.2 Å². The number of hydrogen-bond acceptors (Lipinski definition) is 4. The highest BCUT2D eigenvalue weighted by Gasteiger charge is 2.33. The summed E-state index contributed by atoms with van der Waals surface area (Å²) in [5.41, 5.74) is -0.931. The van der Waals surface area contributed by atoms with E-state index in [4.69, 9.17) is 5.11 Å². The van der Waals surface area contributed by atoms with Crippen LogP contribution in [0, 0.1) is 11.8 Å². The molecule has 0 bridgehead atoms. The summed E-state index contributed by atoms with van der Waals surface area (Å²) < 4.78 is 0. The fourth-order valence-electron chi connectivity index (χ4n) is 4.35. The summed E-state index contributed by atoms with van der Waals surface area (Å²) in [6.07, 6.45) is 17.7. The zero-order chi connectivity index (χ0) is 20.0. The van der Waals surface area contributed by atoms with Gasteiger partial charge in [0.1, 0.15) is 6.29 Å². The van der Waals surface area contributed by atoms with Gasteiger partial charge in [-0.2, -0.15) is 0 Å². The van der Waals surface area contributed by atoms with Crippen LogP contribution in [0.15, 0.2) is 12.2 Å². The molecule has 0 aromatic carbocycles. The highest BCUT2D eigenvalue weighted by molar-refractivity contribution is 5.51. The van der Waals surface area contributed by atoms with E-state index in [1.165, 1.54) is 19.3 Å². The zero-order valence-corrected chi connectivity index (χ0v) is 17.3. The third-order valence-corrected chi connectivity index (χ3v) is 6.12. The summed E-state index contributed by atoms with van der Waals surface area (Å²) >= 11 is 0. The number of hydrogen-bond donors (Lipinski definition) is 3. The molecule has 1 saturated carbocycles. The van der Waals surface area contributed by atoms with E-state index in [0.29, 0.717) is 18.8 Å². The molecule has 1 aliphatic rings. The maximum atomic E-state index is 11.0. The molecule has 1 unspecified atom stereocenters. The highest BCUT2D eigenvalue weighted by atomic mass is 16.3. The molecule has 1 rings (SSSR count). The number of aldehydes is 1. The van der Waals surface area contributed by atoms with E-state index in [1.54, 1.807) is 0 Å². The van der Waals surface area contributed by atoms with Gasteiger partial charge in [0.15, 0.2) is 0 Å². The molecule has 3 N–H and O–H groups in total. The Morgan fingerprint density at radius 1 is 1.00 bits per heavy atom. The third-order valence-electron chi connectivity index (χ3n) is 6.12. The van der Waals surface area contributed by atoms with Crippen LogP contribution in [-0.4, -0.2) is 39.9 Å². The first kappa shape index (κ1) is 24.3. The zero-order valence-electron chi connectivity index (χ0n) is 17.3. The van der Waals surface area contributed by atoms with E-state index >= 15 is 0 Å². The summed E-state index contributed by atoms with van der Waals surface area (Å²) in [4.78, 5) is 11.0. The Morgan fingerprint density at radius 2 is 1.74 bits per heavy atom. The minimum atomic E-state index is -0.931. The monoisotopic (exact) mass is 382 g/mol. The van der Waals surface area contributed by atoms with Crippen LogP contribution in [0.2, 0.25) is 0 Å². The average Bonchev–Trinajstić information content (AvgIpc) is 2.99. The van der Waals surface area contributed by atoms with Crippen molar-refractivity contribution in [1.29, 1.82) is 0 Å². The van der Waals surface area contributed by atoms with Crippen LogP contribution in [0.5, 0.6) is 0 Å². The van der Waals surface area contributed by atoms with Gasteiger partial charge in [0, 0.05) is 18.9 Å². The van der Waals surface area contributed by atoms with Gasteiger partial charge in [-0.3, -0.25) is 0 Å². The first-order valence-electron chi connectivity index (χ1n) is 11.2. The van der Waals surface area contributed by atoms with E-state index in [0.717, 1.165) is 57.7 Å². The molecular formula is C23H42O4. The largest absolute Gasteiger partial charge is 0.396 e. The van der Waals surface area contributed by atoms with Crippen molar-refractivity contribution in [2.45, 2.75) is 109 Å². The summed E-state index contributed by atoms with van der Waals surface area (Å²) in [6, 6.07) is 0. The summed E-state index contributed by atoms with van der Waals surface area (Å²) in [6.45, 7) is 2.42. The van der Waals surface area contributed by atoms with Gasteiger partial charge in [-0.1, -0.05) is 64.0 Å². The molecule has 4 heteroatoms. The van der Waals surface area contributed by atoms with Gasteiger partial charge in [0.2, 0.25) is 0 Å². The van der Waals surface area contributed by atoms with E-state index in [2.05, 4.69) is 13.0 Å². The minimum Gasteiger partial charge on any atom is -0.396 e. The Balaban J connectivity index is 2.45. The topological polar surface area (TPSA) is 77.8 Å². The number of unbranched alkanes of at least 4 members (excludes halogenated alkanes) is 6. The van der Waals surface area contributed by atoms with Gasteiger partial charge >= 0.3 is 0 Å². The lowest BCUT2D eigenvalue weighted by Crippen LogP contribution is -2.28. The molecule has 0 radical (unpaired) electrons. The van der Waals surface area contributed by atoms with E-state index < -0.39 is 5.60 Å². The Morgan fingerprint density at radius 3 is 2.44 bits per heavy atom. The second kappa shape index (κ2) is 14.3. The van der Waals surface area contributed by atoms with Crippen molar-refractivity contribution >= 4 is 6.29 Å². The van der Waals surface area contributed by atoms with E-state index in [1.807, 2.05) is 6.08 Å². The lowest BCUT2D eigenvalue weighted by molar-refractivity contribution is -0.112. The number of rotatable bonds is 16. The normalized spacial score (nSPS) is 25.1. The van der Waals surface area contributed by atoms with Crippen LogP contribution in [-0.2, 0) is 4.79 Å². The van der Waals surface area contributed by atoms with Crippen LogP contribution >= 0.6 is 0 Å². The van der Waals surface area contributed by atoms with Crippen LogP contribution in [0.3, 0.4) is 0 Å². The van der Waals surface area contributed by atoms with Crippen molar-refractivity contribution in [3.63, 3.8) is 0 Å². The van der Waals surface area contributed by atoms with E-state index in [9.17, 15) is 15.0 Å². The van der Waals surface area contributed by atoms with Gasteiger partial charge in [0.05, 0.1) is 11.7 Å². The SMILES string of the molecule is CCCCCC(O)(CC=O)CC=C[C@@H]1[C@@H](CCCCCCCO)CC[C@H]1O. The summed E-state index contributed by atoms with van der Waals surface area (Å²) in [7, 11) is 0. The molecule has 0 aromatic rings. The molecule has 1 fully saturated rings. The Bertz CT molecular complexity index is 409. The van der Waals surface area contributed by atoms with Crippen molar-refractivity contribution in [3.8, 4) is 0 Å². The molecule has 0 spiro atoms. The maximum Gasteiger partial charge on any atom is 0.122 e. The molecule has 0 heterocycles. The average molecular weight is 383 g/mol. The molecule has 1 aliphatic carbocycles. The van der Waals surface area contributed by atoms with Crippen molar-refractivity contribution in [2.75, 3.05) is 6.61 Å². The predicted octanol–water partition coefficient (Wildman–Crippen LogP) is 4.55. The van der Waals surface area contributed by atoms with Crippen LogP contribution in [0.25, 0.3) is 0 Å². The smallest absolute Gasteiger partial charge is 0.122 e. The predicted molar refractivity (Wildman–Crippen MR) is 111 cm³/mol. The Labute approximate surface area is 166 Å². The first-order chi connectivity index (χ1) is 13.1. The molecule has 4 atom stereocenters. The number of carbonyl (C=O) groups excluding carboxylic acids is 1. The third kappa shape index (κ3) is 9.87. The fraction of sp³-hybridized carbons (Fsp3) is 0.870. The standard InChI is InChI=1S/C23H42O4/c1-2-3-8-15-23(27,17-19-25)16-10-12-21-20(13-14-22(21)26)11-7-5-4-6-9-18-24/h10,12,19-22,24,26-27H,2-9,11,13-18H2,1H3/t20-,21+,22+,23?/m0/s1. The number of aliphatic hydroxyl groups excluding tert-OH is 2. The molecule has 0 aliphatic heterocycles. The first-order valence-corrected chi connectivity index (χ1v) is 11.2. The van der Waals surface area contributed by atoms with Crippen LogP contribution in [0.4, 0.5) is 0 Å². The van der Waals surface area contributed by atoms with Gasteiger partial charge in [-0.15, -0.1) is 0 Å². The molecule has 0 amide bonds. The molecular weight excluding hydrogens is 340 g/mol. The van der Waals surface area contributed by atoms with Gasteiger partial charge in [-0.05, 0) is 44.4 Å². The second-order valence-corrected chi connectivity index (χ2v) is 8.45. The Kier molecular flexibility index (Phi) is 12.9. The lowest BCUT2D eigenvalue weighted by atomic mass is 9.86. The quantitative estimate of drug-likeness (QED) is 0.208. The molecule has 4 nitrogen and oxygen atoms in total. The summed E-state index contributed by atoms with van der Waals surface area (Å²) in [5, 5.41) is 29.9. The lowest BCUT2D eigenvalue weighted by Gasteiger charge is -2.25. The van der Waals surface area contributed by atoms with E-state index in [-0.39, 0.29) is 25.0 Å². The van der Waals surface area contributed by atoms with Gasteiger partial charge in [0.25, 0.3) is 0 Å². The van der Waals surface area contributed by atoms with Gasteiger partial charge < -0.3 is 20.1 Å².